The van der Waals surface area contributed by atoms with Crippen molar-refractivity contribution in [1.82, 2.24) is 18.3 Å². The average molecular weight is 527 g/mol. The number of hydrogen-bond donors (Lipinski definition) is 0. The van der Waals surface area contributed by atoms with Crippen molar-refractivity contribution in [3.63, 3.8) is 0 Å². The van der Waals surface area contributed by atoms with Crippen molar-refractivity contribution in [2.24, 2.45) is 7.05 Å². The molecule has 0 fully saturated rings. The summed E-state index contributed by atoms with van der Waals surface area (Å²) in [6.45, 7) is 0. The molecule has 4 heteroatoms. The lowest BCUT2D eigenvalue weighted by Gasteiger charge is -2.12. The molecule has 0 bridgehead atoms. The number of nitrogens with zero attached hydrogens (tertiary/aromatic N) is 4. The van der Waals surface area contributed by atoms with Crippen molar-refractivity contribution in [2.75, 3.05) is 0 Å². The molecule has 9 aromatic rings. The Kier molecular flexibility index (Phi) is 4.50. The van der Waals surface area contributed by atoms with E-state index >= 15 is 0 Å². The molecular formula is C37H26N4. The summed E-state index contributed by atoms with van der Waals surface area (Å²) in [6.07, 6.45) is 4.25. The third-order valence-electron chi connectivity index (χ3n) is 8.59. The first-order valence-electron chi connectivity index (χ1n) is 14.0. The lowest BCUT2D eigenvalue weighted by molar-refractivity contribution is 0.859. The summed E-state index contributed by atoms with van der Waals surface area (Å²) in [7, 11) is 2.09. The van der Waals surface area contributed by atoms with Crippen molar-refractivity contribution in [2.45, 2.75) is 0 Å². The first-order chi connectivity index (χ1) is 20.3. The highest BCUT2D eigenvalue weighted by atomic mass is 15.1. The topological polar surface area (TPSA) is 19.7 Å². The van der Waals surface area contributed by atoms with E-state index in [4.69, 9.17) is 0 Å². The SMILES string of the molecule is Cn1cccc1-n1ccc2ccc(-n3c4ccccc4c4ccc(-n5c6ccccc6c6ccccc65)cc43)cc21. The van der Waals surface area contributed by atoms with Crippen LogP contribution in [0.2, 0.25) is 0 Å². The van der Waals surface area contributed by atoms with Crippen LogP contribution in [-0.2, 0) is 7.05 Å². The first-order valence-corrected chi connectivity index (χ1v) is 14.0. The van der Waals surface area contributed by atoms with Crippen LogP contribution in [0, 0.1) is 0 Å². The molecule has 194 valence electrons. The van der Waals surface area contributed by atoms with Crippen LogP contribution in [0.15, 0.2) is 140 Å². The van der Waals surface area contributed by atoms with Crippen LogP contribution >= 0.6 is 0 Å². The van der Waals surface area contributed by atoms with Crippen LogP contribution in [0.1, 0.15) is 0 Å². The molecule has 9 rings (SSSR count). The fraction of sp³-hybridized carbons (Fsp3) is 0.0270. The Balaban J connectivity index is 1.35. The Morgan fingerprint density at radius 1 is 0.415 bits per heavy atom. The maximum Gasteiger partial charge on any atom is 0.116 e. The third kappa shape index (κ3) is 3.10. The van der Waals surface area contributed by atoms with Crippen molar-refractivity contribution in [1.29, 1.82) is 0 Å². The molecule has 0 atom stereocenters. The van der Waals surface area contributed by atoms with E-state index in [-0.39, 0.29) is 0 Å². The number of benzene rings is 5. The molecule has 0 aliphatic rings. The Morgan fingerprint density at radius 2 is 0.951 bits per heavy atom. The molecule has 0 aliphatic heterocycles. The predicted molar refractivity (Wildman–Crippen MR) is 171 cm³/mol. The van der Waals surface area contributed by atoms with Gasteiger partial charge in [0.2, 0.25) is 0 Å². The minimum atomic E-state index is 1.15. The zero-order chi connectivity index (χ0) is 27.1. The molecule has 0 unspecified atom stereocenters. The highest BCUT2D eigenvalue weighted by Crippen LogP contribution is 2.37. The van der Waals surface area contributed by atoms with E-state index in [9.17, 15) is 0 Å². The highest BCUT2D eigenvalue weighted by molar-refractivity contribution is 6.12. The minimum absolute atomic E-state index is 1.15. The van der Waals surface area contributed by atoms with E-state index in [0.717, 1.165) is 17.2 Å². The molecule has 0 radical (unpaired) electrons. The molecule has 5 aromatic carbocycles. The molecule has 0 N–H and O–H groups in total. The zero-order valence-corrected chi connectivity index (χ0v) is 22.6. The predicted octanol–water partition coefficient (Wildman–Crippen LogP) is 9.16. The lowest BCUT2D eigenvalue weighted by atomic mass is 10.1. The average Bonchev–Trinajstić information content (AvgIpc) is 3.78. The van der Waals surface area contributed by atoms with Crippen LogP contribution in [0.3, 0.4) is 0 Å². The van der Waals surface area contributed by atoms with E-state index in [0.29, 0.717) is 0 Å². The normalized spacial score (nSPS) is 12.0. The van der Waals surface area contributed by atoms with Crippen molar-refractivity contribution < 1.29 is 0 Å². The number of aromatic nitrogens is 4. The smallest absolute Gasteiger partial charge is 0.116 e. The van der Waals surface area contributed by atoms with Gasteiger partial charge in [0.05, 0.1) is 27.6 Å². The monoisotopic (exact) mass is 526 g/mol. The quantitative estimate of drug-likeness (QED) is 0.219. The van der Waals surface area contributed by atoms with Gasteiger partial charge < -0.3 is 18.3 Å². The summed E-state index contributed by atoms with van der Waals surface area (Å²) in [5.74, 6) is 1.15. The second-order valence-electron chi connectivity index (χ2n) is 10.8. The van der Waals surface area contributed by atoms with Gasteiger partial charge in [0.1, 0.15) is 5.82 Å². The zero-order valence-electron chi connectivity index (χ0n) is 22.6. The molecule has 4 aromatic heterocycles. The Hall–Kier alpha value is -5.48. The summed E-state index contributed by atoms with van der Waals surface area (Å²) in [6, 6.07) is 46.3. The van der Waals surface area contributed by atoms with Gasteiger partial charge in [0.15, 0.2) is 0 Å². The van der Waals surface area contributed by atoms with Crippen molar-refractivity contribution in [3.8, 4) is 17.2 Å². The first kappa shape index (κ1) is 22.3. The van der Waals surface area contributed by atoms with Gasteiger partial charge in [-0.2, -0.15) is 0 Å². The number of aryl methyl sites for hydroxylation is 1. The minimum Gasteiger partial charge on any atom is -0.337 e. The van der Waals surface area contributed by atoms with E-state index < -0.39 is 0 Å². The second-order valence-corrected chi connectivity index (χ2v) is 10.8. The van der Waals surface area contributed by atoms with Gasteiger partial charge in [-0.1, -0.05) is 66.7 Å². The van der Waals surface area contributed by atoms with Gasteiger partial charge in [-0.3, -0.25) is 0 Å². The Bertz CT molecular complexity index is 2390. The van der Waals surface area contributed by atoms with E-state index in [1.807, 2.05) is 0 Å². The summed E-state index contributed by atoms with van der Waals surface area (Å²) in [5.41, 5.74) is 8.34. The standard InChI is InChI=1S/C37H26N4/c1-38-21-8-15-37(38)39-22-20-25-16-17-26(23-35(25)39)41-34-14-7-4-11-30(34)31-19-18-27(24-36(31)41)40-32-12-5-2-9-28(32)29-10-3-6-13-33(29)40/h2-24H,1H3. The van der Waals surface area contributed by atoms with Crippen LogP contribution in [0.25, 0.3) is 71.7 Å². The van der Waals surface area contributed by atoms with E-state index in [2.05, 4.69) is 165 Å². The van der Waals surface area contributed by atoms with Gasteiger partial charge in [-0.25, -0.2) is 0 Å². The van der Waals surface area contributed by atoms with Gasteiger partial charge in [-0.15, -0.1) is 0 Å². The van der Waals surface area contributed by atoms with Crippen molar-refractivity contribution in [3.05, 3.63) is 140 Å². The van der Waals surface area contributed by atoms with Gasteiger partial charge in [0.25, 0.3) is 0 Å². The number of rotatable bonds is 3. The van der Waals surface area contributed by atoms with Gasteiger partial charge in [0, 0.05) is 57.7 Å². The fourth-order valence-electron chi connectivity index (χ4n) is 6.73. The molecule has 0 aliphatic carbocycles. The summed E-state index contributed by atoms with van der Waals surface area (Å²) in [4.78, 5) is 0. The van der Waals surface area contributed by atoms with E-state index in [1.165, 1.54) is 54.5 Å². The maximum atomic E-state index is 2.42. The molecular weight excluding hydrogens is 500 g/mol. The molecule has 0 saturated heterocycles. The summed E-state index contributed by atoms with van der Waals surface area (Å²) >= 11 is 0. The largest absolute Gasteiger partial charge is 0.337 e. The van der Waals surface area contributed by atoms with Crippen LogP contribution < -0.4 is 0 Å². The second kappa shape index (κ2) is 8.26. The molecule has 0 saturated carbocycles. The Labute approximate surface area is 236 Å². The maximum absolute atomic E-state index is 2.42. The molecule has 4 heterocycles. The number of para-hydroxylation sites is 3. The third-order valence-corrected chi connectivity index (χ3v) is 8.59. The van der Waals surface area contributed by atoms with Crippen LogP contribution in [0.4, 0.5) is 0 Å². The van der Waals surface area contributed by atoms with E-state index in [1.54, 1.807) is 0 Å². The molecule has 0 amide bonds. The molecule has 0 spiro atoms. The van der Waals surface area contributed by atoms with Gasteiger partial charge in [-0.05, 0) is 60.7 Å². The summed E-state index contributed by atoms with van der Waals surface area (Å²) < 4.78 is 9.25. The fourth-order valence-corrected chi connectivity index (χ4v) is 6.73. The van der Waals surface area contributed by atoms with Crippen molar-refractivity contribution >= 4 is 54.5 Å². The number of fused-ring (bicyclic) bond motifs is 7. The lowest BCUT2D eigenvalue weighted by Crippen LogP contribution is -2.00. The number of hydrogen-bond acceptors (Lipinski definition) is 0. The highest BCUT2D eigenvalue weighted by Gasteiger charge is 2.17. The molecule has 4 nitrogen and oxygen atoms in total. The van der Waals surface area contributed by atoms with Gasteiger partial charge >= 0.3 is 0 Å². The summed E-state index contributed by atoms with van der Waals surface area (Å²) in [5, 5.41) is 6.28. The Morgan fingerprint density at radius 3 is 1.56 bits per heavy atom. The molecule has 41 heavy (non-hydrogen) atoms. The van der Waals surface area contributed by atoms with Crippen LogP contribution in [-0.4, -0.2) is 18.3 Å². The van der Waals surface area contributed by atoms with Crippen LogP contribution in [0.5, 0.6) is 0 Å².